The molecule has 0 aromatic heterocycles. The first kappa shape index (κ1) is 16.8. The molecule has 1 unspecified atom stereocenters. The molecule has 1 aliphatic heterocycles. The van der Waals surface area contributed by atoms with Crippen molar-refractivity contribution in [2.75, 3.05) is 0 Å². The second kappa shape index (κ2) is 6.10. The van der Waals surface area contributed by atoms with Crippen molar-refractivity contribution in [1.82, 2.24) is 4.31 Å². The molecule has 3 rings (SSSR count). The van der Waals surface area contributed by atoms with Gasteiger partial charge < -0.3 is 0 Å². The minimum atomic E-state index is -3.55. The van der Waals surface area contributed by atoms with Gasteiger partial charge in [0.15, 0.2) is 0 Å². The van der Waals surface area contributed by atoms with Crippen molar-refractivity contribution in [3.05, 3.63) is 76.5 Å². The average molecular weight is 341 g/mol. The molecule has 0 aliphatic carbocycles. The first-order chi connectivity index (χ1) is 11.3. The van der Waals surface area contributed by atoms with E-state index in [4.69, 9.17) is 0 Å². The van der Waals surface area contributed by atoms with E-state index >= 15 is 0 Å². The molecule has 3 nitrogen and oxygen atoms in total. The second-order valence-corrected chi connectivity index (χ2v) is 8.42. The van der Waals surface area contributed by atoms with Crippen LogP contribution in [-0.4, -0.2) is 12.7 Å². The third-order valence-corrected chi connectivity index (χ3v) is 6.53. The van der Waals surface area contributed by atoms with Crippen molar-refractivity contribution in [2.24, 2.45) is 0 Å². The van der Waals surface area contributed by atoms with E-state index < -0.39 is 10.0 Å². The Morgan fingerprint density at radius 1 is 0.958 bits per heavy atom. The van der Waals surface area contributed by atoms with Gasteiger partial charge in [-0.15, -0.1) is 0 Å². The van der Waals surface area contributed by atoms with Crippen molar-refractivity contribution >= 4 is 10.0 Å². The summed E-state index contributed by atoms with van der Waals surface area (Å²) in [5.74, 6) is 0. The lowest BCUT2D eigenvalue weighted by atomic mass is 9.94. The van der Waals surface area contributed by atoms with Gasteiger partial charge >= 0.3 is 0 Å². The van der Waals surface area contributed by atoms with Crippen LogP contribution in [0.1, 0.15) is 40.3 Å². The normalized spacial score (nSPS) is 17.5. The van der Waals surface area contributed by atoms with Gasteiger partial charge in [-0.1, -0.05) is 41.5 Å². The maximum atomic E-state index is 13.1. The fourth-order valence-corrected chi connectivity index (χ4v) is 4.77. The first-order valence-corrected chi connectivity index (χ1v) is 9.59. The van der Waals surface area contributed by atoms with Gasteiger partial charge in [-0.05, 0) is 62.9 Å². The van der Waals surface area contributed by atoms with Crippen LogP contribution >= 0.6 is 0 Å². The molecule has 0 amide bonds. The predicted molar refractivity (Wildman–Crippen MR) is 97.4 cm³/mol. The quantitative estimate of drug-likeness (QED) is 0.820. The van der Waals surface area contributed by atoms with Crippen molar-refractivity contribution < 1.29 is 8.42 Å². The predicted octanol–water partition coefficient (Wildman–Crippen LogP) is 4.57. The summed E-state index contributed by atoms with van der Waals surface area (Å²) >= 11 is 0. The van der Waals surface area contributed by atoms with E-state index in [0.29, 0.717) is 11.3 Å². The van der Waals surface area contributed by atoms with Gasteiger partial charge in [0.1, 0.15) is 0 Å². The Balaban J connectivity index is 2.05. The van der Waals surface area contributed by atoms with Crippen LogP contribution < -0.4 is 0 Å². The van der Waals surface area contributed by atoms with Crippen LogP contribution in [0.5, 0.6) is 0 Å². The standard InChI is InChI=1S/C20H23NO2S/c1-14-7-9-18(10-8-14)24(22,23)21-11-5-6-20(21)19-13-15(2)12-16(3)17(19)4/h5,7-13,20H,6H2,1-4H3. The van der Waals surface area contributed by atoms with Gasteiger partial charge in [0.2, 0.25) is 0 Å². The smallest absolute Gasteiger partial charge is 0.264 e. The largest absolute Gasteiger partial charge is 0.266 e. The summed E-state index contributed by atoms with van der Waals surface area (Å²) in [7, 11) is -3.55. The Labute approximate surface area is 144 Å². The lowest BCUT2D eigenvalue weighted by Crippen LogP contribution is -2.28. The number of rotatable bonds is 3. The Morgan fingerprint density at radius 2 is 1.62 bits per heavy atom. The zero-order valence-corrected chi connectivity index (χ0v) is 15.4. The molecule has 1 atom stereocenters. The number of benzene rings is 2. The zero-order chi connectivity index (χ0) is 17.5. The molecule has 126 valence electrons. The monoisotopic (exact) mass is 341 g/mol. The molecule has 1 aliphatic rings. The van der Waals surface area contributed by atoms with Crippen molar-refractivity contribution in [1.29, 1.82) is 0 Å². The van der Waals surface area contributed by atoms with E-state index in [2.05, 4.69) is 32.9 Å². The van der Waals surface area contributed by atoms with Crippen molar-refractivity contribution in [3.8, 4) is 0 Å². The molecule has 4 heteroatoms. The maximum Gasteiger partial charge on any atom is 0.264 e. The summed E-state index contributed by atoms with van der Waals surface area (Å²) in [6, 6.07) is 11.1. The first-order valence-electron chi connectivity index (χ1n) is 8.15. The van der Waals surface area contributed by atoms with Crippen molar-refractivity contribution in [3.63, 3.8) is 0 Å². The summed E-state index contributed by atoms with van der Waals surface area (Å²) in [6.07, 6.45) is 4.35. The highest BCUT2D eigenvalue weighted by Crippen LogP contribution is 2.37. The maximum absolute atomic E-state index is 13.1. The highest BCUT2D eigenvalue weighted by molar-refractivity contribution is 7.89. The molecular weight excluding hydrogens is 318 g/mol. The van der Waals surface area contributed by atoms with E-state index in [1.165, 1.54) is 15.4 Å². The summed E-state index contributed by atoms with van der Waals surface area (Å²) in [5.41, 5.74) is 5.66. The van der Waals surface area contributed by atoms with E-state index in [9.17, 15) is 8.42 Å². The lowest BCUT2D eigenvalue weighted by molar-refractivity contribution is 0.432. The molecule has 0 bridgehead atoms. The summed E-state index contributed by atoms with van der Waals surface area (Å²) < 4.78 is 27.7. The fourth-order valence-electron chi connectivity index (χ4n) is 3.26. The SMILES string of the molecule is Cc1ccc(S(=O)(=O)N2C=CCC2c2cc(C)cc(C)c2C)cc1. The Kier molecular flexibility index (Phi) is 4.26. The van der Waals surface area contributed by atoms with Gasteiger partial charge in [0, 0.05) is 6.20 Å². The third kappa shape index (κ3) is 2.86. The molecule has 0 saturated heterocycles. The Bertz CT molecular complexity index is 896. The number of hydrogen-bond donors (Lipinski definition) is 0. The zero-order valence-electron chi connectivity index (χ0n) is 14.6. The van der Waals surface area contributed by atoms with Gasteiger partial charge in [0.25, 0.3) is 10.0 Å². The topological polar surface area (TPSA) is 37.4 Å². The Hall–Kier alpha value is -2.07. The van der Waals surface area contributed by atoms with E-state index in [-0.39, 0.29) is 6.04 Å². The molecule has 24 heavy (non-hydrogen) atoms. The van der Waals surface area contributed by atoms with Gasteiger partial charge in [0.05, 0.1) is 10.9 Å². The van der Waals surface area contributed by atoms with Crippen LogP contribution in [0.4, 0.5) is 0 Å². The number of aryl methyl sites for hydroxylation is 3. The number of hydrogen-bond acceptors (Lipinski definition) is 2. The second-order valence-electron chi connectivity index (χ2n) is 6.58. The van der Waals surface area contributed by atoms with E-state index in [0.717, 1.165) is 16.7 Å². The van der Waals surface area contributed by atoms with Crippen LogP contribution in [0.3, 0.4) is 0 Å². The highest BCUT2D eigenvalue weighted by Gasteiger charge is 2.33. The molecular formula is C20H23NO2S. The van der Waals surface area contributed by atoms with Gasteiger partial charge in [-0.25, -0.2) is 8.42 Å². The average Bonchev–Trinajstić information content (AvgIpc) is 3.01. The van der Waals surface area contributed by atoms with Crippen LogP contribution in [0, 0.1) is 27.7 Å². The van der Waals surface area contributed by atoms with Gasteiger partial charge in [-0.3, -0.25) is 4.31 Å². The van der Waals surface area contributed by atoms with E-state index in [1.54, 1.807) is 18.3 Å². The Morgan fingerprint density at radius 3 is 2.29 bits per heavy atom. The molecule has 2 aromatic rings. The summed E-state index contributed by atoms with van der Waals surface area (Å²) in [5, 5.41) is 0. The minimum Gasteiger partial charge on any atom is -0.266 e. The van der Waals surface area contributed by atoms with Crippen molar-refractivity contribution in [2.45, 2.75) is 45.1 Å². The van der Waals surface area contributed by atoms with Gasteiger partial charge in [-0.2, -0.15) is 0 Å². The third-order valence-electron chi connectivity index (χ3n) is 4.73. The van der Waals surface area contributed by atoms with Crippen LogP contribution in [0.15, 0.2) is 53.6 Å². The molecule has 0 saturated carbocycles. The van der Waals surface area contributed by atoms with Crippen LogP contribution in [0.2, 0.25) is 0 Å². The van der Waals surface area contributed by atoms with Crippen LogP contribution in [-0.2, 0) is 10.0 Å². The molecule has 0 fully saturated rings. The fraction of sp³-hybridized carbons (Fsp3) is 0.300. The summed E-state index contributed by atoms with van der Waals surface area (Å²) in [6.45, 7) is 8.15. The lowest BCUT2D eigenvalue weighted by Gasteiger charge is -2.27. The molecule has 2 aromatic carbocycles. The summed E-state index contributed by atoms with van der Waals surface area (Å²) in [4.78, 5) is 0.340. The highest BCUT2D eigenvalue weighted by atomic mass is 32.2. The number of nitrogens with zero attached hydrogens (tertiary/aromatic N) is 1. The number of sulfonamides is 1. The molecule has 0 spiro atoms. The minimum absolute atomic E-state index is 0.171. The van der Waals surface area contributed by atoms with Crippen LogP contribution in [0.25, 0.3) is 0 Å². The molecule has 0 radical (unpaired) electrons. The molecule has 0 N–H and O–H groups in total. The van der Waals surface area contributed by atoms with E-state index in [1.807, 2.05) is 25.1 Å². The molecule has 1 heterocycles.